The number of aryl methyl sites for hydroxylation is 1. The number of hydrogen-bond donors (Lipinski definition) is 0. The van der Waals surface area contributed by atoms with Gasteiger partial charge in [0.2, 0.25) is 5.88 Å². The fraction of sp³-hybridized carbons (Fsp3) is 0.273. The summed E-state index contributed by atoms with van der Waals surface area (Å²) in [5.41, 5.74) is 3.44. The molecule has 0 saturated heterocycles. The number of ether oxygens (including phenoxy) is 1. The summed E-state index contributed by atoms with van der Waals surface area (Å²) in [4.78, 5) is 9.03. The molecule has 0 N–H and O–H groups in total. The van der Waals surface area contributed by atoms with Crippen LogP contribution in [-0.4, -0.2) is 9.97 Å². The maximum absolute atomic E-state index is 13.9. The molecule has 0 radical (unpaired) electrons. The van der Waals surface area contributed by atoms with E-state index in [0.29, 0.717) is 22.4 Å². The molecule has 0 atom stereocenters. The summed E-state index contributed by atoms with van der Waals surface area (Å²) >= 11 is 1.29. The molecular weight excluding hydrogens is 378 g/mol. The first kappa shape index (κ1) is 20.3. The van der Waals surface area contributed by atoms with Gasteiger partial charge in [0.15, 0.2) is 5.16 Å². The second-order valence-electron chi connectivity index (χ2n) is 6.89. The SMILES string of the molecule is Cc1cccc(Oc2cc(C(C)C)nc(SCc3ccc(F)cc3F)n2)c1C. The van der Waals surface area contributed by atoms with Gasteiger partial charge < -0.3 is 4.74 Å². The Morgan fingerprint density at radius 3 is 2.54 bits per heavy atom. The smallest absolute Gasteiger partial charge is 0.223 e. The molecule has 3 aromatic rings. The molecule has 28 heavy (non-hydrogen) atoms. The number of hydrogen-bond acceptors (Lipinski definition) is 4. The van der Waals surface area contributed by atoms with Gasteiger partial charge >= 0.3 is 0 Å². The van der Waals surface area contributed by atoms with Gasteiger partial charge in [-0.05, 0) is 48.6 Å². The third-order valence-electron chi connectivity index (χ3n) is 4.43. The minimum Gasteiger partial charge on any atom is -0.439 e. The molecule has 0 amide bonds. The van der Waals surface area contributed by atoms with Crippen LogP contribution in [0.4, 0.5) is 8.78 Å². The highest BCUT2D eigenvalue weighted by molar-refractivity contribution is 7.98. The number of rotatable bonds is 6. The molecule has 0 bridgehead atoms. The first-order valence-corrected chi connectivity index (χ1v) is 10.0. The van der Waals surface area contributed by atoms with E-state index in [2.05, 4.69) is 9.97 Å². The summed E-state index contributed by atoms with van der Waals surface area (Å²) in [6, 6.07) is 11.3. The van der Waals surface area contributed by atoms with Crippen molar-refractivity contribution in [2.24, 2.45) is 0 Å². The Morgan fingerprint density at radius 1 is 1.04 bits per heavy atom. The fourth-order valence-electron chi connectivity index (χ4n) is 2.56. The van der Waals surface area contributed by atoms with Gasteiger partial charge in [0.05, 0.1) is 5.69 Å². The second-order valence-corrected chi connectivity index (χ2v) is 7.84. The topological polar surface area (TPSA) is 35.0 Å². The summed E-state index contributed by atoms with van der Waals surface area (Å²) in [6.07, 6.45) is 0. The zero-order chi connectivity index (χ0) is 20.3. The molecule has 3 rings (SSSR count). The Hall–Kier alpha value is -2.47. The molecule has 0 aliphatic carbocycles. The summed E-state index contributed by atoms with van der Waals surface area (Å²) in [6.45, 7) is 8.11. The van der Waals surface area contributed by atoms with Crippen molar-refractivity contribution in [3.05, 3.63) is 76.5 Å². The van der Waals surface area contributed by atoms with Crippen molar-refractivity contribution in [2.75, 3.05) is 0 Å². The van der Waals surface area contributed by atoms with Crippen molar-refractivity contribution in [1.29, 1.82) is 0 Å². The minimum atomic E-state index is -0.589. The van der Waals surface area contributed by atoms with Gasteiger partial charge in [0, 0.05) is 17.9 Å². The maximum Gasteiger partial charge on any atom is 0.223 e. The lowest BCUT2D eigenvalue weighted by molar-refractivity contribution is 0.449. The molecule has 0 aliphatic rings. The molecule has 146 valence electrons. The number of benzene rings is 2. The summed E-state index contributed by atoms with van der Waals surface area (Å²) in [5, 5.41) is 0.496. The first-order chi connectivity index (χ1) is 13.3. The monoisotopic (exact) mass is 400 g/mol. The van der Waals surface area contributed by atoms with E-state index in [1.807, 2.05) is 52.0 Å². The van der Waals surface area contributed by atoms with E-state index in [1.54, 1.807) is 0 Å². The van der Waals surface area contributed by atoms with Crippen molar-refractivity contribution < 1.29 is 13.5 Å². The average molecular weight is 400 g/mol. The fourth-order valence-corrected chi connectivity index (χ4v) is 3.40. The van der Waals surface area contributed by atoms with E-state index >= 15 is 0 Å². The Morgan fingerprint density at radius 2 is 1.82 bits per heavy atom. The Balaban J connectivity index is 1.86. The molecule has 1 heterocycles. The van der Waals surface area contributed by atoms with Crippen LogP contribution < -0.4 is 4.74 Å². The minimum absolute atomic E-state index is 0.186. The normalized spacial score (nSPS) is 11.1. The second kappa shape index (κ2) is 8.69. The maximum atomic E-state index is 13.9. The number of aromatic nitrogens is 2. The quantitative estimate of drug-likeness (QED) is 0.346. The predicted molar refractivity (Wildman–Crippen MR) is 108 cm³/mol. The lowest BCUT2D eigenvalue weighted by Gasteiger charge is -2.13. The predicted octanol–water partition coefficient (Wildman–Crippen LogP) is 6.58. The number of halogens is 2. The van der Waals surface area contributed by atoms with Gasteiger partial charge in [0.1, 0.15) is 17.4 Å². The van der Waals surface area contributed by atoms with Gasteiger partial charge in [-0.3, -0.25) is 0 Å². The Bertz CT molecular complexity index is 992. The van der Waals surface area contributed by atoms with Crippen LogP contribution in [0.1, 0.15) is 42.1 Å². The van der Waals surface area contributed by atoms with Crippen molar-refractivity contribution in [3.8, 4) is 11.6 Å². The van der Waals surface area contributed by atoms with E-state index in [4.69, 9.17) is 4.74 Å². The van der Waals surface area contributed by atoms with Crippen molar-refractivity contribution >= 4 is 11.8 Å². The molecule has 0 unspecified atom stereocenters. The summed E-state index contributed by atoms with van der Waals surface area (Å²) in [5.74, 6) is 0.526. The Labute approximate surface area is 168 Å². The number of thioether (sulfide) groups is 1. The van der Waals surface area contributed by atoms with E-state index in [-0.39, 0.29) is 5.92 Å². The van der Waals surface area contributed by atoms with Gasteiger partial charge in [-0.2, -0.15) is 4.98 Å². The first-order valence-electron chi connectivity index (χ1n) is 9.03. The average Bonchev–Trinajstić information content (AvgIpc) is 2.64. The van der Waals surface area contributed by atoms with Crippen molar-refractivity contribution in [3.63, 3.8) is 0 Å². The van der Waals surface area contributed by atoms with Gasteiger partial charge in [-0.1, -0.05) is 43.8 Å². The van der Waals surface area contributed by atoms with Crippen molar-refractivity contribution in [1.82, 2.24) is 9.97 Å². The van der Waals surface area contributed by atoms with Crippen LogP contribution >= 0.6 is 11.8 Å². The molecular formula is C22H22F2N2OS. The Kier molecular flexibility index (Phi) is 6.29. The summed E-state index contributed by atoms with van der Waals surface area (Å²) < 4.78 is 33.0. The summed E-state index contributed by atoms with van der Waals surface area (Å²) in [7, 11) is 0. The highest BCUT2D eigenvalue weighted by Crippen LogP contribution is 2.30. The lowest BCUT2D eigenvalue weighted by atomic mass is 10.1. The standard InChI is InChI=1S/C22H22F2N2OS/c1-13(2)19-11-21(27-20-7-5-6-14(3)15(20)4)26-22(25-19)28-12-16-8-9-17(23)10-18(16)24/h5-11,13H,12H2,1-4H3. The van der Waals surface area contributed by atoms with Crippen LogP contribution in [0.15, 0.2) is 47.6 Å². The molecule has 1 aromatic heterocycles. The third-order valence-corrected chi connectivity index (χ3v) is 5.33. The lowest BCUT2D eigenvalue weighted by Crippen LogP contribution is -2.01. The van der Waals surface area contributed by atoms with E-state index < -0.39 is 11.6 Å². The highest BCUT2D eigenvalue weighted by Gasteiger charge is 2.13. The van der Waals surface area contributed by atoms with Gasteiger partial charge in [0.25, 0.3) is 0 Å². The van der Waals surface area contributed by atoms with Crippen LogP contribution in [0.2, 0.25) is 0 Å². The van der Waals surface area contributed by atoms with Gasteiger partial charge in [-0.15, -0.1) is 0 Å². The molecule has 0 spiro atoms. The van der Waals surface area contributed by atoms with Crippen molar-refractivity contribution in [2.45, 2.75) is 44.5 Å². The third kappa shape index (κ3) is 4.87. The van der Waals surface area contributed by atoms with Crippen LogP contribution in [0.5, 0.6) is 11.6 Å². The van der Waals surface area contributed by atoms with Crippen LogP contribution in [0.3, 0.4) is 0 Å². The molecule has 0 fully saturated rings. The van der Waals surface area contributed by atoms with Crippen LogP contribution in [0, 0.1) is 25.5 Å². The molecule has 2 aromatic carbocycles. The molecule has 0 aliphatic heterocycles. The largest absolute Gasteiger partial charge is 0.439 e. The van der Waals surface area contributed by atoms with Crippen LogP contribution in [-0.2, 0) is 5.75 Å². The molecule has 3 nitrogen and oxygen atoms in total. The van der Waals surface area contributed by atoms with E-state index in [9.17, 15) is 8.78 Å². The van der Waals surface area contributed by atoms with Crippen LogP contribution in [0.25, 0.3) is 0 Å². The number of nitrogens with zero attached hydrogens (tertiary/aromatic N) is 2. The molecule has 0 saturated carbocycles. The van der Waals surface area contributed by atoms with E-state index in [1.165, 1.54) is 23.9 Å². The van der Waals surface area contributed by atoms with Gasteiger partial charge in [-0.25, -0.2) is 13.8 Å². The zero-order valence-electron chi connectivity index (χ0n) is 16.3. The highest BCUT2D eigenvalue weighted by atomic mass is 32.2. The van der Waals surface area contributed by atoms with E-state index in [0.717, 1.165) is 28.6 Å². The zero-order valence-corrected chi connectivity index (χ0v) is 17.1. The molecule has 6 heteroatoms.